The number of halogens is 2. The molecule has 0 radical (unpaired) electrons. The fourth-order valence-corrected chi connectivity index (χ4v) is 2.25. The highest BCUT2D eigenvalue weighted by molar-refractivity contribution is 6.35. The van der Waals surface area contributed by atoms with Crippen molar-refractivity contribution in [3.63, 3.8) is 0 Å². The van der Waals surface area contributed by atoms with E-state index >= 15 is 0 Å². The van der Waals surface area contributed by atoms with Gasteiger partial charge in [0.15, 0.2) is 0 Å². The molecular formula is C17H16Cl2N2O3. The SMILES string of the molecule is CCOC(=O)c1ccc(CNC(=O)Nc2cc(Cl)ccc2Cl)cc1. The molecule has 2 rings (SSSR count). The first-order valence-electron chi connectivity index (χ1n) is 7.25. The third-order valence-corrected chi connectivity index (χ3v) is 3.66. The lowest BCUT2D eigenvalue weighted by molar-refractivity contribution is 0.0526. The number of carbonyl (C=O) groups is 2. The highest BCUT2D eigenvalue weighted by Crippen LogP contribution is 2.25. The summed E-state index contributed by atoms with van der Waals surface area (Å²) in [4.78, 5) is 23.5. The largest absolute Gasteiger partial charge is 0.462 e. The van der Waals surface area contributed by atoms with E-state index in [0.29, 0.717) is 34.4 Å². The molecule has 0 aliphatic rings. The van der Waals surface area contributed by atoms with Crippen LogP contribution in [-0.2, 0) is 11.3 Å². The second-order valence-corrected chi connectivity index (χ2v) is 5.69. The first-order valence-corrected chi connectivity index (χ1v) is 8.01. The van der Waals surface area contributed by atoms with Gasteiger partial charge in [-0.2, -0.15) is 0 Å². The molecular weight excluding hydrogens is 351 g/mol. The van der Waals surface area contributed by atoms with Gasteiger partial charge in [0, 0.05) is 11.6 Å². The van der Waals surface area contributed by atoms with Gasteiger partial charge in [0.2, 0.25) is 0 Å². The molecule has 7 heteroatoms. The van der Waals surface area contributed by atoms with E-state index in [-0.39, 0.29) is 5.97 Å². The Morgan fingerprint density at radius 3 is 2.46 bits per heavy atom. The summed E-state index contributed by atoms with van der Waals surface area (Å²) in [6, 6.07) is 11.2. The van der Waals surface area contributed by atoms with E-state index in [9.17, 15) is 9.59 Å². The van der Waals surface area contributed by atoms with Gasteiger partial charge in [-0.15, -0.1) is 0 Å². The molecule has 0 heterocycles. The molecule has 0 unspecified atom stereocenters. The predicted molar refractivity (Wildman–Crippen MR) is 94.7 cm³/mol. The van der Waals surface area contributed by atoms with E-state index in [4.69, 9.17) is 27.9 Å². The summed E-state index contributed by atoms with van der Waals surface area (Å²) in [5.74, 6) is -0.370. The van der Waals surface area contributed by atoms with Crippen LogP contribution in [-0.4, -0.2) is 18.6 Å². The van der Waals surface area contributed by atoms with E-state index in [2.05, 4.69) is 10.6 Å². The molecule has 2 aromatic rings. The van der Waals surface area contributed by atoms with Gasteiger partial charge in [0.25, 0.3) is 0 Å². The van der Waals surface area contributed by atoms with E-state index < -0.39 is 6.03 Å². The average Bonchev–Trinajstić information content (AvgIpc) is 2.57. The van der Waals surface area contributed by atoms with Crippen LogP contribution in [0.4, 0.5) is 10.5 Å². The summed E-state index contributed by atoms with van der Waals surface area (Å²) in [5.41, 5.74) is 1.74. The molecule has 0 aliphatic heterocycles. The van der Waals surface area contributed by atoms with Crippen LogP contribution < -0.4 is 10.6 Å². The summed E-state index contributed by atoms with van der Waals surface area (Å²) >= 11 is 11.9. The van der Waals surface area contributed by atoms with Crippen molar-refractivity contribution in [3.8, 4) is 0 Å². The van der Waals surface area contributed by atoms with Gasteiger partial charge < -0.3 is 15.4 Å². The highest BCUT2D eigenvalue weighted by Gasteiger charge is 2.08. The van der Waals surface area contributed by atoms with E-state index in [1.807, 2.05) is 0 Å². The summed E-state index contributed by atoms with van der Waals surface area (Å²) in [5, 5.41) is 6.20. The fraction of sp³-hybridized carbons (Fsp3) is 0.176. The van der Waals surface area contributed by atoms with Crippen LogP contribution in [0.3, 0.4) is 0 Å². The van der Waals surface area contributed by atoms with Gasteiger partial charge in [0.1, 0.15) is 0 Å². The van der Waals surface area contributed by atoms with Gasteiger partial charge in [0.05, 0.1) is 22.9 Å². The van der Waals surface area contributed by atoms with Crippen molar-refractivity contribution in [1.29, 1.82) is 0 Å². The Morgan fingerprint density at radius 1 is 1.08 bits per heavy atom. The molecule has 2 aromatic carbocycles. The first kappa shape index (κ1) is 18.1. The average molecular weight is 367 g/mol. The minimum Gasteiger partial charge on any atom is -0.462 e. The maximum atomic E-state index is 11.9. The number of amides is 2. The topological polar surface area (TPSA) is 67.4 Å². The van der Waals surface area contributed by atoms with E-state index in [0.717, 1.165) is 5.56 Å². The Balaban J connectivity index is 1.89. The molecule has 0 bridgehead atoms. The molecule has 0 atom stereocenters. The minimum atomic E-state index is -0.409. The molecule has 0 saturated carbocycles. The monoisotopic (exact) mass is 366 g/mol. The second kappa shape index (κ2) is 8.57. The molecule has 0 saturated heterocycles. The van der Waals surface area contributed by atoms with E-state index in [1.54, 1.807) is 49.4 Å². The van der Waals surface area contributed by atoms with Gasteiger partial charge in [-0.3, -0.25) is 0 Å². The maximum Gasteiger partial charge on any atom is 0.338 e. The zero-order valence-corrected chi connectivity index (χ0v) is 14.4. The van der Waals surface area contributed by atoms with Crippen molar-refractivity contribution in [2.75, 3.05) is 11.9 Å². The number of urea groups is 1. The summed E-state index contributed by atoms with van der Waals surface area (Å²) in [6.45, 7) is 2.38. The van der Waals surface area contributed by atoms with Crippen LogP contribution in [0.15, 0.2) is 42.5 Å². The number of nitrogens with one attached hydrogen (secondary N) is 2. The van der Waals surface area contributed by atoms with Gasteiger partial charge in [-0.25, -0.2) is 9.59 Å². The Morgan fingerprint density at radius 2 is 1.79 bits per heavy atom. The van der Waals surface area contributed by atoms with Crippen molar-refractivity contribution in [2.24, 2.45) is 0 Å². The van der Waals surface area contributed by atoms with Crippen LogP contribution in [0.1, 0.15) is 22.8 Å². The van der Waals surface area contributed by atoms with Crippen LogP contribution in [0.2, 0.25) is 10.0 Å². The number of rotatable bonds is 5. The van der Waals surface area contributed by atoms with Crippen LogP contribution in [0.25, 0.3) is 0 Å². The van der Waals surface area contributed by atoms with Gasteiger partial charge >= 0.3 is 12.0 Å². The Hall–Kier alpha value is -2.24. The molecule has 24 heavy (non-hydrogen) atoms. The summed E-state index contributed by atoms with van der Waals surface area (Å²) < 4.78 is 4.91. The molecule has 2 N–H and O–H groups in total. The van der Waals surface area contributed by atoms with Crippen molar-refractivity contribution in [3.05, 3.63) is 63.6 Å². The van der Waals surface area contributed by atoms with Gasteiger partial charge in [-0.05, 0) is 42.8 Å². The lowest BCUT2D eigenvalue weighted by atomic mass is 10.1. The zero-order chi connectivity index (χ0) is 17.5. The van der Waals surface area contributed by atoms with E-state index in [1.165, 1.54) is 0 Å². The standard InChI is InChI=1S/C17H16Cl2N2O3/c1-2-24-16(22)12-5-3-11(4-6-12)10-20-17(23)21-15-9-13(18)7-8-14(15)19/h3-9H,2,10H2,1H3,(H2,20,21,23). The highest BCUT2D eigenvalue weighted by atomic mass is 35.5. The first-order chi connectivity index (χ1) is 11.5. The molecule has 2 amide bonds. The number of anilines is 1. The molecule has 126 valence electrons. The number of esters is 1. The Kier molecular flexibility index (Phi) is 6.46. The lowest BCUT2D eigenvalue weighted by Gasteiger charge is -2.10. The number of carbonyl (C=O) groups excluding carboxylic acids is 2. The molecule has 0 aliphatic carbocycles. The third-order valence-electron chi connectivity index (χ3n) is 3.09. The molecule has 5 nitrogen and oxygen atoms in total. The number of ether oxygens (including phenoxy) is 1. The Bertz CT molecular complexity index is 733. The smallest absolute Gasteiger partial charge is 0.338 e. The van der Waals surface area contributed by atoms with Crippen LogP contribution >= 0.6 is 23.2 Å². The number of hydrogen-bond acceptors (Lipinski definition) is 3. The van der Waals surface area contributed by atoms with Crippen LogP contribution in [0.5, 0.6) is 0 Å². The number of benzene rings is 2. The molecule has 0 spiro atoms. The van der Waals surface area contributed by atoms with Crippen LogP contribution in [0, 0.1) is 0 Å². The normalized spacial score (nSPS) is 10.1. The molecule has 0 aromatic heterocycles. The van der Waals surface area contributed by atoms with Crippen molar-refractivity contribution in [2.45, 2.75) is 13.5 Å². The number of hydrogen-bond donors (Lipinski definition) is 2. The Labute approximate surface area is 149 Å². The fourth-order valence-electron chi connectivity index (χ4n) is 1.92. The predicted octanol–water partition coefficient (Wildman–Crippen LogP) is 4.49. The zero-order valence-electron chi connectivity index (χ0n) is 12.9. The molecule has 0 fully saturated rings. The second-order valence-electron chi connectivity index (χ2n) is 4.85. The van der Waals surface area contributed by atoms with Crippen molar-refractivity contribution in [1.82, 2.24) is 5.32 Å². The maximum absolute atomic E-state index is 11.9. The van der Waals surface area contributed by atoms with Crippen molar-refractivity contribution < 1.29 is 14.3 Å². The minimum absolute atomic E-state index is 0.299. The summed E-state index contributed by atoms with van der Waals surface area (Å²) in [6.07, 6.45) is 0. The third kappa shape index (κ3) is 5.15. The lowest BCUT2D eigenvalue weighted by Crippen LogP contribution is -2.28. The summed E-state index contributed by atoms with van der Waals surface area (Å²) in [7, 11) is 0. The van der Waals surface area contributed by atoms with Gasteiger partial charge in [-0.1, -0.05) is 35.3 Å². The van der Waals surface area contributed by atoms with Crippen molar-refractivity contribution >= 4 is 40.9 Å². The quantitative estimate of drug-likeness (QED) is 0.765.